The van der Waals surface area contributed by atoms with Crippen molar-refractivity contribution in [3.63, 3.8) is 0 Å². The zero-order valence-electron chi connectivity index (χ0n) is 12.0. The molecule has 0 amide bonds. The summed E-state index contributed by atoms with van der Waals surface area (Å²) in [6.45, 7) is 8.89. The summed E-state index contributed by atoms with van der Waals surface area (Å²) in [4.78, 5) is 2.26. The van der Waals surface area contributed by atoms with Gasteiger partial charge >= 0.3 is 0 Å². The minimum Gasteiger partial charge on any atom is -0.390 e. The number of unbranched alkanes of at least 4 members (excludes halogenated alkanes) is 1. The van der Waals surface area contributed by atoms with E-state index in [0.717, 1.165) is 32.5 Å². The Labute approximate surface area is 111 Å². The standard InChI is InChI=1S/C14H29NO3/c1-4-5-6-12(16)13(17)7-8-15-9-10-18-14(15)11(2)3/h11-14,16-17H,4-10H2,1-3H3. The summed E-state index contributed by atoms with van der Waals surface area (Å²) in [5, 5.41) is 19.7. The van der Waals surface area contributed by atoms with Gasteiger partial charge in [-0.15, -0.1) is 0 Å². The third kappa shape index (κ3) is 4.84. The Morgan fingerprint density at radius 2 is 1.89 bits per heavy atom. The van der Waals surface area contributed by atoms with Gasteiger partial charge in [0.25, 0.3) is 0 Å². The Morgan fingerprint density at radius 3 is 2.50 bits per heavy atom. The fourth-order valence-corrected chi connectivity index (χ4v) is 2.47. The summed E-state index contributed by atoms with van der Waals surface area (Å²) in [5.74, 6) is 0.467. The van der Waals surface area contributed by atoms with Gasteiger partial charge in [-0.25, -0.2) is 0 Å². The molecule has 108 valence electrons. The van der Waals surface area contributed by atoms with E-state index in [1.807, 2.05) is 0 Å². The molecule has 1 rings (SSSR count). The molecule has 18 heavy (non-hydrogen) atoms. The zero-order valence-corrected chi connectivity index (χ0v) is 12.0. The Kier molecular flexibility index (Phi) is 7.15. The molecular formula is C14H29NO3. The average molecular weight is 259 g/mol. The summed E-state index contributed by atoms with van der Waals surface area (Å²) in [6.07, 6.45) is 2.33. The first-order chi connectivity index (χ1) is 8.56. The number of ether oxygens (including phenoxy) is 1. The van der Waals surface area contributed by atoms with Gasteiger partial charge in [-0.3, -0.25) is 4.90 Å². The topological polar surface area (TPSA) is 52.9 Å². The molecule has 0 saturated carbocycles. The quantitative estimate of drug-likeness (QED) is 0.695. The third-order valence-corrected chi connectivity index (χ3v) is 3.61. The first-order valence-electron chi connectivity index (χ1n) is 7.28. The van der Waals surface area contributed by atoms with E-state index in [-0.39, 0.29) is 6.23 Å². The molecule has 1 aliphatic heterocycles. The molecule has 0 aromatic carbocycles. The van der Waals surface area contributed by atoms with Crippen LogP contribution in [-0.2, 0) is 4.74 Å². The van der Waals surface area contributed by atoms with Crippen LogP contribution in [0.15, 0.2) is 0 Å². The van der Waals surface area contributed by atoms with Crippen molar-refractivity contribution in [2.75, 3.05) is 19.7 Å². The monoisotopic (exact) mass is 259 g/mol. The van der Waals surface area contributed by atoms with Crippen LogP contribution in [0.5, 0.6) is 0 Å². The largest absolute Gasteiger partial charge is 0.390 e. The van der Waals surface area contributed by atoms with Crippen molar-refractivity contribution >= 4 is 0 Å². The van der Waals surface area contributed by atoms with Crippen LogP contribution < -0.4 is 0 Å². The van der Waals surface area contributed by atoms with Crippen molar-refractivity contribution in [3.8, 4) is 0 Å². The van der Waals surface area contributed by atoms with Gasteiger partial charge < -0.3 is 14.9 Å². The second-order valence-electron chi connectivity index (χ2n) is 5.61. The van der Waals surface area contributed by atoms with E-state index >= 15 is 0 Å². The van der Waals surface area contributed by atoms with E-state index in [9.17, 15) is 10.2 Å². The van der Waals surface area contributed by atoms with Crippen molar-refractivity contribution < 1.29 is 14.9 Å². The Bertz CT molecular complexity index is 223. The van der Waals surface area contributed by atoms with Gasteiger partial charge in [0.15, 0.2) is 0 Å². The van der Waals surface area contributed by atoms with Gasteiger partial charge in [0.05, 0.1) is 18.8 Å². The minimum atomic E-state index is -0.607. The van der Waals surface area contributed by atoms with E-state index in [2.05, 4.69) is 25.7 Å². The summed E-state index contributed by atoms with van der Waals surface area (Å²) in [7, 11) is 0. The van der Waals surface area contributed by atoms with E-state index in [1.54, 1.807) is 0 Å². The molecular weight excluding hydrogens is 230 g/mol. The first-order valence-corrected chi connectivity index (χ1v) is 7.28. The van der Waals surface area contributed by atoms with E-state index in [1.165, 1.54) is 0 Å². The molecule has 1 aliphatic rings. The highest BCUT2D eigenvalue weighted by molar-refractivity contribution is 4.75. The number of rotatable bonds is 8. The summed E-state index contributed by atoms with van der Waals surface area (Å²) in [6, 6.07) is 0. The van der Waals surface area contributed by atoms with Crippen LogP contribution in [0.2, 0.25) is 0 Å². The highest BCUT2D eigenvalue weighted by atomic mass is 16.5. The normalized spacial score (nSPS) is 24.7. The minimum absolute atomic E-state index is 0.171. The summed E-state index contributed by atoms with van der Waals surface area (Å²) in [5.41, 5.74) is 0. The number of hydrogen-bond donors (Lipinski definition) is 2. The molecule has 0 bridgehead atoms. The van der Waals surface area contributed by atoms with Gasteiger partial charge in [0, 0.05) is 13.1 Å². The Hall–Kier alpha value is -0.160. The van der Waals surface area contributed by atoms with E-state index in [4.69, 9.17) is 4.74 Å². The molecule has 1 heterocycles. The van der Waals surface area contributed by atoms with Crippen LogP contribution in [0, 0.1) is 5.92 Å². The first kappa shape index (κ1) is 15.9. The number of aliphatic hydroxyl groups excluding tert-OH is 2. The van der Waals surface area contributed by atoms with Crippen molar-refractivity contribution in [1.82, 2.24) is 4.90 Å². The SMILES string of the molecule is CCCCC(O)C(O)CCN1CCOC1C(C)C. The lowest BCUT2D eigenvalue weighted by Crippen LogP contribution is -2.38. The van der Waals surface area contributed by atoms with Crippen LogP contribution in [0.25, 0.3) is 0 Å². The predicted octanol–water partition coefficient (Wildman–Crippen LogP) is 1.60. The maximum absolute atomic E-state index is 9.91. The molecule has 1 fully saturated rings. The predicted molar refractivity (Wildman–Crippen MR) is 72.3 cm³/mol. The van der Waals surface area contributed by atoms with Crippen LogP contribution in [-0.4, -0.2) is 53.2 Å². The Balaban J connectivity index is 2.26. The van der Waals surface area contributed by atoms with E-state index in [0.29, 0.717) is 18.8 Å². The molecule has 0 spiro atoms. The molecule has 4 nitrogen and oxygen atoms in total. The average Bonchev–Trinajstić information content (AvgIpc) is 2.81. The highest BCUT2D eigenvalue weighted by Crippen LogP contribution is 2.19. The lowest BCUT2D eigenvalue weighted by molar-refractivity contribution is -0.0240. The maximum atomic E-state index is 9.91. The maximum Gasteiger partial charge on any atom is 0.113 e. The highest BCUT2D eigenvalue weighted by Gasteiger charge is 2.28. The second-order valence-corrected chi connectivity index (χ2v) is 5.61. The van der Waals surface area contributed by atoms with Crippen molar-refractivity contribution in [1.29, 1.82) is 0 Å². The fourth-order valence-electron chi connectivity index (χ4n) is 2.47. The van der Waals surface area contributed by atoms with Gasteiger partial charge in [-0.05, 0) is 18.8 Å². The molecule has 0 aliphatic carbocycles. The van der Waals surface area contributed by atoms with Gasteiger partial charge in [-0.2, -0.15) is 0 Å². The summed E-state index contributed by atoms with van der Waals surface area (Å²) >= 11 is 0. The van der Waals surface area contributed by atoms with Gasteiger partial charge in [-0.1, -0.05) is 33.6 Å². The molecule has 2 N–H and O–H groups in total. The molecule has 0 aromatic rings. The Morgan fingerprint density at radius 1 is 1.22 bits per heavy atom. The fraction of sp³-hybridized carbons (Fsp3) is 1.00. The van der Waals surface area contributed by atoms with Gasteiger partial charge in [0.1, 0.15) is 6.23 Å². The number of aliphatic hydroxyl groups is 2. The number of nitrogens with zero attached hydrogens (tertiary/aromatic N) is 1. The molecule has 4 heteroatoms. The molecule has 0 aromatic heterocycles. The van der Waals surface area contributed by atoms with Crippen LogP contribution >= 0.6 is 0 Å². The van der Waals surface area contributed by atoms with Crippen molar-refractivity contribution in [2.45, 2.75) is 64.9 Å². The number of hydrogen-bond acceptors (Lipinski definition) is 4. The van der Waals surface area contributed by atoms with Crippen LogP contribution in [0.1, 0.15) is 46.5 Å². The summed E-state index contributed by atoms with van der Waals surface area (Å²) < 4.78 is 5.67. The van der Waals surface area contributed by atoms with Crippen molar-refractivity contribution in [3.05, 3.63) is 0 Å². The molecule has 3 atom stereocenters. The zero-order chi connectivity index (χ0) is 13.5. The van der Waals surface area contributed by atoms with Gasteiger partial charge in [0.2, 0.25) is 0 Å². The van der Waals surface area contributed by atoms with Crippen LogP contribution in [0.4, 0.5) is 0 Å². The smallest absolute Gasteiger partial charge is 0.113 e. The lowest BCUT2D eigenvalue weighted by Gasteiger charge is -2.27. The van der Waals surface area contributed by atoms with Crippen LogP contribution in [0.3, 0.4) is 0 Å². The lowest BCUT2D eigenvalue weighted by atomic mass is 10.0. The second kappa shape index (κ2) is 8.10. The van der Waals surface area contributed by atoms with E-state index < -0.39 is 12.2 Å². The van der Waals surface area contributed by atoms with Crippen molar-refractivity contribution in [2.24, 2.45) is 5.92 Å². The third-order valence-electron chi connectivity index (χ3n) is 3.61. The molecule has 0 radical (unpaired) electrons. The molecule has 3 unspecified atom stereocenters. The molecule has 1 saturated heterocycles.